The van der Waals surface area contributed by atoms with Gasteiger partial charge in [-0.3, -0.25) is 9.69 Å². The first kappa shape index (κ1) is 11.4. The summed E-state index contributed by atoms with van der Waals surface area (Å²) < 4.78 is 1.92. The fraction of sp³-hybridized carbons (Fsp3) is 0.615. The fourth-order valence-corrected chi connectivity index (χ4v) is 2.34. The number of nitrogens with zero attached hydrogens (tertiary/aromatic N) is 2. The zero-order valence-corrected chi connectivity index (χ0v) is 10.1. The molecule has 0 spiro atoms. The van der Waals surface area contributed by atoms with E-state index >= 15 is 0 Å². The molecular weight excluding hydrogens is 200 g/mol. The summed E-state index contributed by atoms with van der Waals surface area (Å²) in [7, 11) is 1.94. The van der Waals surface area contributed by atoms with Gasteiger partial charge in [0.25, 0.3) is 0 Å². The molecule has 0 aromatic carbocycles. The molecule has 2 rings (SSSR count). The molecule has 16 heavy (non-hydrogen) atoms. The number of rotatable bonds is 3. The van der Waals surface area contributed by atoms with E-state index in [1.54, 1.807) is 0 Å². The smallest absolute Gasteiger partial charge is 0.178 e. The van der Waals surface area contributed by atoms with Crippen LogP contribution in [0.2, 0.25) is 0 Å². The van der Waals surface area contributed by atoms with Gasteiger partial charge in [-0.15, -0.1) is 0 Å². The molecule has 1 saturated heterocycles. The van der Waals surface area contributed by atoms with E-state index in [-0.39, 0.29) is 5.78 Å². The Kier molecular flexibility index (Phi) is 3.44. The third-order valence-corrected chi connectivity index (χ3v) is 3.44. The van der Waals surface area contributed by atoms with E-state index < -0.39 is 0 Å². The molecule has 1 fully saturated rings. The van der Waals surface area contributed by atoms with Gasteiger partial charge in [0.15, 0.2) is 5.78 Å². The summed E-state index contributed by atoms with van der Waals surface area (Å²) in [6, 6.07) is 2.46. The van der Waals surface area contributed by atoms with Crippen molar-refractivity contribution in [3.63, 3.8) is 0 Å². The summed E-state index contributed by atoms with van der Waals surface area (Å²) in [6.45, 7) is 3.86. The highest BCUT2D eigenvalue weighted by atomic mass is 16.1. The largest absolute Gasteiger partial charge is 0.357 e. The van der Waals surface area contributed by atoms with Gasteiger partial charge >= 0.3 is 0 Å². The molecule has 0 saturated carbocycles. The van der Waals surface area contributed by atoms with Crippen molar-refractivity contribution < 1.29 is 4.79 Å². The van der Waals surface area contributed by atoms with Crippen molar-refractivity contribution in [2.24, 2.45) is 7.05 Å². The van der Waals surface area contributed by atoms with Crippen LogP contribution in [-0.2, 0) is 7.05 Å². The maximum atomic E-state index is 12.0. The van der Waals surface area contributed by atoms with Crippen LogP contribution < -0.4 is 0 Å². The maximum Gasteiger partial charge on any atom is 0.178 e. The maximum absolute atomic E-state index is 12.0. The van der Waals surface area contributed by atoms with E-state index in [0.29, 0.717) is 12.6 Å². The van der Waals surface area contributed by atoms with Crippen molar-refractivity contribution in [2.75, 3.05) is 13.1 Å². The number of carbonyl (C=O) groups is 1. The molecule has 0 aliphatic carbocycles. The monoisotopic (exact) mass is 220 g/mol. The van der Waals surface area contributed by atoms with Gasteiger partial charge in [0.1, 0.15) is 0 Å². The van der Waals surface area contributed by atoms with Gasteiger partial charge < -0.3 is 4.57 Å². The second-order valence-electron chi connectivity index (χ2n) is 4.80. The zero-order valence-electron chi connectivity index (χ0n) is 10.1. The average molecular weight is 220 g/mol. The van der Waals surface area contributed by atoms with Crippen molar-refractivity contribution in [2.45, 2.75) is 32.2 Å². The van der Waals surface area contributed by atoms with E-state index in [2.05, 4.69) is 11.8 Å². The SMILES string of the molecule is CC1CCCCN1CC(=O)c1ccn(C)c1. The Morgan fingerprint density at radius 3 is 2.94 bits per heavy atom. The topological polar surface area (TPSA) is 25.2 Å². The standard InChI is InChI=1S/C13H20N2O/c1-11-5-3-4-7-15(11)10-13(16)12-6-8-14(2)9-12/h6,8-9,11H,3-5,7,10H2,1-2H3. The summed E-state index contributed by atoms with van der Waals surface area (Å²) in [6.07, 6.45) is 7.58. The zero-order chi connectivity index (χ0) is 11.5. The molecule has 0 bridgehead atoms. The van der Waals surface area contributed by atoms with Crippen molar-refractivity contribution in [1.82, 2.24) is 9.47 Å². The molecule has 2 heterocycles. The van der Waals surface area contributed by atoms with Crippen LogP contribution in [0.3, 0.4) is 0 Å². The highest BCUT2D eigenvalue weighted by Crippen LogP contribution is 2.16. The first-order chi connectivity index (χ1) is 7.66. The van der Waals surface area contributed by atoms with Crippen LogP contribution in [0.15, 0.2) is 18.5 Å². The van der Waals surface area contributed by atoms with Gasteiger partial charge in [0, 0.05) is 31.0 Å². The lowest BCUT2D eigenvalue weighted by Gasteiger charge is -2.32. The average Bonchev–Trinajstić information content (AvgIpc) is 2.68. The Morgan fingerprint density at radius 2 is 2.31 bits per heavy atom. The quantitative estimate of drug-likeness (QED) is 0.729. The van der Waals surface area contributed by atoms with Crippen molar-refractivity contribution in [3.05, 3.63) is 24.0 Å². The number of ketones is 1. The lowest BCUT2D eigenvalue weighted by Crippen LogP contribution is -2.40. The predicted octanol–water partition coefficient (Wildman–Crippen LogP) is 2.08. The third kappa shape index (κ3) is 2.53. The van der Waals surface area contributed by atoms with Gasteiger partial charge in [-0.2, -0.15) is 0 Å². The molecule has 1 unspecified atom stereocenters. The fourth-order valence-electron chi connectivity index (χ4n) is 2.34. The van der Waals surface area contributed by atoms with Gasteiger partial charge in [0.05, 0.1) is 6.54 Å². The summed E-state index contributed by atoms with van der Waals surface area (Å²) in [5.41, 5.74) is 0.834. The van der Waals surface area contributed by atoms with Crippen molar-refractivity contribution >= 4 is 5.78 Å². The van der Waals surface area contributed by atoms with E-state index in [0.717, 1.165) is 12.1 Å². The molecule has 1 aromatic heterocycles. The lowest BCUT2D eigenvalue weighted by atomic mass is 10.0. The minimum absolute atomic E-state index is 0.245. The minimum atomic E-state index is 0.245. The van der Waals surface area contributed by atoms with E-state index in [1.165, 1.54) is 19.3 Å². The molecule has 1 aromatic rings. The Bertz CT molecular complexity index is 370. The van der Waals surface area contributed by atoms with Crippen molar-refractivity contribution in [3.8, 4) is 0 Å². The van der Waals surface area contributed by atoms with Gasteiger partial charge in [-0.25, -0.2) is 0 Å². The van der Waals surface area contributed by atoms with E-state index in [1.807, 2.05) is 30.1 Å². The Morgan fingerprint density at radius 1 is 1.50 bits per heavy atom. The van der Waals surface area contributed by atoms with Gasteiger partial charge in [-0.05, 0) is 32.4 Å². The number of likely N-dealkylation sites (tertiary alicyclic amines) is 1. The van der Waals surface area contributed by atoms with Crippen molar-refractivity contribution in [1.29, 1.82) is 0 Å². The van der Waals surface area contributed by atoms with Gasteiger partial charge in [-0.1, -0.05) is 6.42 Å². The second-order valence-corrected chi connectivity index (χ2v) is 4.80. The van der Waals surface area contributed by atoms with E-state index in [4.69, 9.17) is 0 Å². The number of piperidine rings is 1. The first-order valence-electron chi connectivity index (χ1n) is 6.06. The third-order valence-electron chi connectivity index (χ3n) is 3.44. The number of aryl methyl sites for hydroxylation is 1. The lowest BCUT2D eigenvalue weighted by molar-refractivity contribution is 0.0860. The number of aromatic nitrogens is 1. The van der Waals surface area contributed by atoms with Crippen LogP contribution >= 0.6 is 0 Å². The molecular formula is C13H20N2O. The molecule has 3 nitrogen and oxygen atoms in total. The number of hydrogen-bond donors (Lipinski definition) is 0. The summed E-state index contributed by atoms with van der Waals surface area (Å²) in [4.78, 5) is 14.3. The van der Waals surface area contributed by atoms with Crippen LogP contribution in [0.1, 0.15) is 36.5 Å². The number of carbonyl (C=O) groups excluding carboxylic acids is 1. The predicted molar refractivity (Wildman–Crippen MR) is 64.6 cm³/mol. The van der Waals surface area contributed by atoms with Crippen LogP contribution in [0.25, 0.3) is 0 Å². The molecule has 1 aliphatic rings. The minimum Gasteiger partial charge on any atom is -0.357 e. The Labute approximate surface area is 97.1 Å². The van der Waals surface area contributed by atoms with Crippen LogP contribution in [0, 0.1) is 0 Å². The highest BCUT2D eigenvalue weighted by molar-refractivity contribution is 5.97. The number of hydrogen-bond acceptors (Lipinski definition) is 2. The van der Waals surface area contributed by atoms with E-state index in [9.17, 15) is 4.79 Å². The van der Waals surface area contributed by atoms with Crippen LogP contribution in [-0.4, -0.2) is 34.4 Å². The number of Topliss-reactive ketones (excluding diaryl/α,β-unsaturated/α-hetero) is 1. The molecule has 3 heteroatoms. The van der Waals surface area contributed by atoms with Gasteiger partial charge in [0.2, 0.25) is 0 Å². The molecule has 88 valence electrons. The Balaban J connectivity index is 1.96. The molecule has 1 atom stereocenters. The second kappa shape index (κ2) is 4.83. The normalized spacial score (nSPS) is 22.2. The highest BCUT2D eigenvalue weighted by Gasteiger charge is 2.21. The summed E-state index contributed by atoms with van der Waals surface area (Å²) in [5.74, 6) is 0.245. The van der Waals surface area contributed by atoms with Crippen LogP contribution in [0.4, 0.5) is 0 Å². The summed E-state index contributed by atoms with van der Waals surface area (Å²) >= 11 is 0. The first-order valence-corrected chi connectivity index (χ1v) is 6.06. The molecule has 1 aliphatic heterocycles. The Hall–Kier alpha value is -1.09. The summed E-state index contributed by atoms with van der Waals surface area (Å²) in [5, 5.41) is 0. The van der Waals surface area contributed by atoms with Crippen LogP contribution in [0.5, 0.6) is 0 Å². The molecule has 0 radical (unpaired) electrons. The molecule has 0 N–H and O–H groups in total. The molecule has 0 amide bonds.